The second-order valence-corrected chi connectivity index (χ2v) is 8.29. The number of benzene rings is 2. The predicted molar refractivity (Wildman–Crippen MR) is 129 cm³/mol. The molecule has 0 radical (unpaired) electrons. The Morgan fingerprint density at radius 2 is 1.66 bits per heavy atom. The van der Waals surface area contributed by atoms with E-state index in [0.29, 0.717) is 12.1 Å². The van der Waals surface area contributed by atoms with Crippen LogP contribution in [0.25, 0.3) is 16.7 Å². The van der Waals surface area contributed by atoms with Crippen molar-refractivity contribution in [3.63, 3.8) is 0 Å². The third kappa shape index (κ3) is 3.84. The van der Waals surface area contributed by atoms with Crippen molar-refractivity contribution in [2.45, 2.75) is 47.6 Å². The van der Waals surface area contributed by atoms with Gasteiger partial charge in [0.05, 0.1) is 11.4 Å². The predicted octanol–water partition coefficient (Wildman–Crippen LogP) is 4.62. The van der Waals surface area contributed by atoms with Gasteiger partial charge in [-0.1, -0.05) is 42.8 Å². The quantitative estimate of drug-likeness (QED) is 0.504. The standard InChI is InChI=1S/C26H28N4O2/c1-6-20-14-23(32)29(15-22(31)27-25-17(3)8-7-9-18(25)4)26-24(20)19(5)28-30(26)21-12-10-16(2)11-13-21/h7-14H,6,15H2,1-5H3,(H,27,31). The first-order valence-electron chi connectivity index (χ1n) is 10.8. The topological polar surface area (TPSA) is 68.9 Å². The molecule has 164 valence electrons. The third-order valence-electron chi connectivity index (χ3n) is 5.88. The van der Waals surface area contributed by atoms with E-state index in [0.717, 1.165) is 44.7 Å². The highest BCUT2D eigenvalue weighted by molar-refractivity contribution is 5.93. The van der Waals surface area contributed by atoms with Crippen molar-refractivity contribution in [3.05, 3.63) is 86.8 Å². The number of aryl methyl sites for hydroxylation is 5. The Labute approximate surface area is 187 Å². The first-order valence-corrected chi connectivity index (χ1v) is 10.8. The summed E-state index contributed by atoms with van der Waals surface area (Å²) in [4.78, 5) is 26.2. The summed E-state index contributed by atoms with van der Waals surface area (Å²) in [5.74, 6) is -0.246. The highest BCUT2D eigenvalue weighted by Gasteiger charge is 2.20. The van der Waals surface area contributed by atoms with Crippen LogP contribution in [0, 0.1) is 27.7 Å². The second kappa shape index (κ2) is 8.46. The number of amides is 1. The molecule has 0 saturated carbocycles. The van der Waals surface area contributed by atoms with Crippen molar-refractivity contribution in [1.82, 2.24) is 14.3 Å². The maximum absolute atomic E-state index is 13.1. The van der Waals surface area contributed by atoms with E-state index in [1.54, 1.807) is 10.7 Å². The molecule has 6 nitrogen and oxygen atoms in total. The third-order valence-corrected chi connectivity index (χ3v) is 5.88. The van der Waals surface area contributed by atoms with Crippen LogP contribution in [0.5, 0.6) is 0 Å². The lowest BCUT2D eigenvalue weighted by Crippen LogP contribution is -2.29. The molecule has 6 heteroatoms. The van der Waals surface area contributed by atoms with Crippen LogP contribution in [0.3, 0.4) is 0 Å². The van der Waals surface area contributed by atoms with Gasteiger partial charge in [0.1, 0.15) is 12.2 Å². The highest BCUT2D eigenvalue weighted by Crippen LogP contribution is 2.25. The van der Waals surface area contributed by atoms with Gasteiger partial charge in [-0.15, -0.1) is 0 Å². The fraction of sp³-hybridized carbons (Fsp3) is 0.269. The molecule has 2 heterocycles. The lowest BCUT2D eigenvalue weighted by atomic mass is 10.1. The second-order valence-electron chi connectivity index (χ2n) is 8.29. The smallest absolute Gasteiger partial charge is 0.252 e. The SMILES string of the molecule is CCc1cc(=O)n(CC(=O)Nc2c(C)cccc2C)c2c1c(C)nn2-c1ccc(C)cc1. The molecule has 0 atom stereocenters. The van der Waals surface area contributed by atoms with Crippen LogP contribution in [-0.4, -0.2) is 20.3 Å². The molecule has 0 spiro atoms. The Morgan fingerprint density at radius 1 is 1.00 bits per heavy atom. The van der Waals surface area contributed by atoms with Gasteiger partial charge in [-0.05, 0) is 62.9 Å². The van der Waals surface area contributed by atoms with Crippen molar-refractivity contribution in [2.75, 3.05) is 5.32 Å². The highest BCUT2D eigenvalue weighted by atomic mass is 16.2. The number of nitrogens with zero attached hydrogens (tertiary/aromatic N) is 3. The van der Waals surface area contributed by atoms with Crippen LogP contribution >= 0.6 is 0 Å². The van der Waals surface area contributed by atoms with Crippen LogP contribution in [-0.2, 0) is 17.8 Å². The molecule has 0 saturated heterocycles. The van der Waals surface area contributed by atoms with E-state index >= 15 is 0 Å². The average molecular weight is 429 g/mol. The van der Waals surface area contributed by atoms with E-state index in [4.69, 9.17) is 5.10 Å². The van der Waals surface area contributed by atoms with Crippen LogP contribution in [0.15, 0.2) is 53.3 Å². The zero-order chi connectivity index (χ0) is 23.0. The number of fused-ring (bicyclic) bond motifs is 1. The molecule has 0 aliphatic heterocycles. The van der Waals surface area contributed by atoms with Gasteiger partial charge in [0.2, 0.25) is 5.91 Å². The van der Waals surface area contributed by atoms with Gasteiger partial charge in [-0.3, -0.25) is 14.2 Å². The zero-order valence-electron chi connectivity index (χ0n) is 19.2. The number of hydrogen-bond donors (Lipinski definition) is 1. The molecule has 1 N–H and O–H groups in total. The van der Waals surface area contributed by atoms with Crippen LogP contribution in [0.4, 0.5) is 5.69 Å². The summed E-state index contributed by atoms with van der Waals surface area (Å²) in [5.41, 5.74) is 6.96. The molecule has 0 aliphatic rings. The molecule has 0 fully saturated rings. The molecule has 1 amide bonds. The monoisotopic (exact) mass is 428 g/mol. The van der Waals surface area contributed by atoms with E-state index in [2.05, 4.69) is 5.32 Å². The normalized spacial score (nSPS) is 11.2. The minimum atomic E-state index is -0.246. The molecule has 2 aromatic carbocycles. The number of aromatic nitrogens is 3. The molecule has 0 unspecified atom stereocenters. The van der Waals surface area contributed by atoms with Crippen LogP contribution < -0.4 is 10.9 Å². The van der Waals surface area contributed by atoms with Crippen LogP contribution in [0.1, 0.15) is 34.9 Å². The summed E-state index contributed by atoms with van der Waals surface area (Å²) in [7, 11) is 0. The minimum absolute atomic E-state index is 0.0932. The van der Waals surface area contributed by atoms with Gasteiger partial charge >= 0.3 is 0 Å². The lowest BCUT2D eigenvalue weighted by molar-refractivity contribution is -0.116. The molecular weight excluding hydrogens is 400 g/mol. The van der Waals surface area contributed by atoms with E-state index in [1.807, 2.05) is 77.1 Å². The van der Waals surface area contributed by atoms with Gasteiger partial charge in [0.25, 0.3) is 5.56 Å². The maximum Gasteiger partial charge on any atom is 0.252 e. The molecule has 2 aromatic heterocycles. The minimum Gasteiger partial charge on any atom is -0.324 e. The van der Waals surface area contributed by atoms with Gasteiger partial charge in [-0.2, -0.15) is 5.10 Å². The Balaban J connectivity index is 1.85. The number of pyridine rings is 1. The molecule has 4 rings (SSSR count). The number of carbonyl (C=O) groups excluding carboxylic acids is 1. The fourth-order valence-corrected chi connectivity index (χ4v) is 4.18. The zero-order valence-corrected chi connectivity index (χ0v) is 19.2. The Hall–Kier alpha value is -3.67. The molecule has 32 heavy (non-hydrogen) atoms. The van der Waals surface area contributed by atoms with Gasteiger partial charge < -0.3 is 5.32 Å². The number of rotatable bonds is 5. The number of hydrogen-bond acceptors (Lipinski definition) is 3. The summed E-state index contributed by atoms with van der Waals surface area (Å²) in [5, 5.41) is 8.66. The number of anilines is 1. The maximum atomic E-state index is 13.1. The van der Waals surface area contributed by atoms with E-state index in [9.17, 15) is 9.59 Å². The number of nitrogens with one attached hydrogen (secondary N) is 1. The van der Waals surface area contributed by atoms with Gasteiger partial charge in [-0.25, -0.2) is 4.68 Å². The van der Waals surface area contributed by atoms with Crippen molar-refractivity contribution in [2.24, 2.45) is 0 Å². The molecule has 0 bridgehead atoms. The van der Waals surface area contributed by atoms with Crippen molar-refractivity contribution in [1.29, 1.82) is 0 Å². The van der Waals surface area contributed by atoms with Crippen molar-refractivity contribution in [3.8, 4) is 5.69 Å². The van der Waals surface area contributed by atoms with E-state index in [-0.39, 0.29) is 18.0 Å². The van der Waals surface area contributed by atoms with Crippen molar-refractivity contribution < 1.29 is 4.79 Å². The van der Waals surface area contributed by atoms with E-state index in [1.165, 1.54) is 4.57 Å². The Bertz CT molecular complexity index is 1360. The van der Waals surface area contributed by atoms with Gasteiger partial charge in [0.15, 0.2) is 0 Å². The first kappa shape index (κ1) is 21.6. The average Bonchev–Trinajstić information content (AvgIpc) is 3.10. The first-order chi connectivity index (χ1) is 15.3. The number of para-hydroxylation sites is 1. The summed E-state index contributed by atoms with van der Waals surface area (Å²) in [6, 6.07) is 15.5. The summed E-state index contributed by atoms with van der Waals surface area (Å²) in [6.07, 6.45) is 0.710. The van der Waals surface area contributed by atoms with Crippen LogP contribution in [0.2, 0.25) is 0 Å². The van der Waals surface area contributed by atoms with E-state index < -0.39 is 0 Å². The Morgan fingerprint density at radius 3 is 2.28 bits per heavy atom. The number of carbonyl (C=O) groups is 1. The molecule has 0 aliphatic carbocycles. The fourth-order valence-electron chi connectivity index (χ4n) is 4.18. The van der Waals surface area contributed by atoms with Gasteiger partial charge in [0, 0.05) is 17.1 Å². The summed E-state index contributed by atoms with van der Waals surface area (Å²) >= 11 is 0. The lowest BCUT2D eigenvalue weighted by Gasteiger charge is -2.15. The van der Waals surface area contributed by atoms with Crippen molar-refractivity contribution >= 4 is 22.6 Å². The Kier molecular flexibility index (Phi) is 5.70. The summed E-state index contributed by atoms with van der Waals surface area (Å²) in [6.45, 7) is 9.81. The summed E-state index contributed by atoms with van der Waals surface area (Å²) < 4.78 is 3.30. The molecule has 4 aromatic rings. The largest absolute Gasteiger partial charge is 0.324 e. The molecular formula is C26H28N4O2.